The summed E-state index contributed by atoms with van der Waals surface area (Å²) >= 11 is 5.96. The second-order valence-electron chi connectivity index (χ2n) is 8.03. The van der Waals surface area contributed by atoms with Crippen LogP contribution in [0.1, 0.15) is 21.7 Å². The molecule has 8 heteroatoms. The number of rotatable bonds is 8. The number of amides is 2. The largest absolute Gasteiger partial charge is 0.467 e. The van der Waals surface area contributed by atoms with E-state index in [4.69, 9.17) is 16.0 Å². The molecule has 2 aromatic carbocycles. The molecular weight excluding hydrogens is 440 g/mol. The van der Waals surface area contributed by atoms with Crippen molar-refractivity contribution in [3.05, 3.63) is 88.8 Å². The van der Waals surface area contributed by atoms with Gasteiger partial charge in [-0.3, -0.25) is 19.4 Å². The quantitative estimate of drug-likeness (QED) is 0.530. The van der Waals surface area contributed by atoms with Crippen LogP contribution >= 0.6 is 11.6 Å². The van der Waals surface area contributed by atoms with E-state index < -0.39 is 0 Å². The summed E-state index contributed by atoms with van der Waals surface area (Å²) in [5.41, 5.74) is 2.15. The van der Waals surface area contributed by atoms with Crippen LogP contribution < -0.4 is 10.6 Å². The highest BCUT2D eigenvalue weighted by Gasteiger charge is 2.20. The van der Waals surface area contributed by atoms with Crippen LogP contribution in [0, 0.1) is 0 Å². The Hall–Kier alpha value is -3.13. The molecule has 2 heterocycles. The lowest BCUT2D eigenvalue weighted by Gasteiger charge is -2.34. The third-order valence-corrected chi connectivity index (χ3v) is 5.85. The zero-order valence-electron chi connectivity index (χ0n) is 18.3. The van der Waals surface area contributed by atoms with Crippen LogP contribution in [-0.4, -0.2) is 54.3 Å². The number of furan rings is 1. The number of hydrogen-bond donors (Lipinski definition) is 2. The Bertz CT molecular complexity index is 1060. The summed E-state index contributed by atoms with van der Waals surface area (Å²) in [5, 5.41) is 6.46. The first-order valence-electron chi connectivity index (χ1n) is 11.0. The maximum atomic E-state index is 12.7. The number of carbonyl (C=O) groups excluding carboxylic acids is 2. The van der Waals surface area contributed by atoms with Crippen molar-refractivity contribution in [3.63, 3.8) is 0 Å². The zero-order chi connectivity index (χ0) is 23.0. The molecule has 1 aliphatic heterocycles. The zero-order valence-corrected chi connectivity index (χ0v) is 19.1. The highest BCUT2D eigenvalue weighted by atomic mass is 35.5. The minimum Gasteiger partial charge on any atom is -0.467 e. The number of anilines is 1. The molecule has 0 bridgehead atoms. The average Bonchev–Trinajstić information content (AvgIpc) is 3.34. The molecule has 2 amide bonds. The van der Waals surface area contributed by atoms with E-state index in [0.29, 0.717) is 17.0 Å². The van der Waals surface area contributed by atoms with Crippen LogP contribution in [-0.2, 0) is 17.9 Å². The van der Waals surface area contributed by atoms with Gasteiger partial charge in [0, 0.05) is 37.7 Å². The Morgan fingerprint density at radius 3 is 2.36 bits per heavy atom. The molecule has 0 atom stereocenters. The lowest BCUT2D eigenvalue weighted by molar-refractivity contribution is -0.117. The van der Waals surface area contributed by atoms with Crippen molar-refractivity contribution in [2.45, 2.75) is 13.1 Å². The van der Waals surface area contributed by atoms with Crippen LogP contribution in [0.4, 0.5) is 5.69 Å². The average molecular weight is 467 g/mol. The molecule has 4 rings (SSSR count). The van der Waals surface area contributed by atoms with E-state index in [2.05, 4.69) is 20.4 Å². The minimum absolute atomic E-state index is 0.132. The Labute approximate surface area is 198 Å². The van der Waals surface area contributed by atoms with E-state index >= 15 is 0 Å². The van der Waals surface area contributed by atoms with Crippen molar-refractivity contribution < 1.29 is 14.0 Å². The number of benzene rings is 2. The highest BCUT2D eigenvalue weighted by molar-refractivity contribution is 6.30. The molecule has 33 heavy (non-hydrogen) atoms. The Kier molecular flexibility index (Phi) is 7.78. The summed E-state index contributed by atoms with van der Waals surface area (Å²) in [4.78, 5) is 29.8. The minimum atomic E-state index is -0.266. The molecule has 1 fully saturated rings. The second-order valence-corrected chi connectivity index (χ2v) is 8.47. The van der Waals surface area contributed by atoms with Crippen molar-refractivity contribution in [1.29, 1.82) is 0 Å². The summed E-state index contributed by atoms with van der Waals surface area (Å²) in [6, 6.07) is 18.5. The van der Waals surface area contributed by atoms with Gasteiger partial charge in [0.05, 0.1) is 30.6 Å². The lowest BCUT2D eigenvalue weighted by atomic mass is 10.1. The predicted octanol–water partition coefficient (Wildman–Crippen LogP) is 3.62. The Balaban J connectivity index is 1.25. The van der Waals surface area contributed by atoms with Crippen molar-refractivity contribution in [2.75, 3.05) is 38.0 Å². The molecule has 1 aliphatic rings. The Morgan fingerprint density at radius 1 is 0.909 bits per heavy atom. The number of piperazine rings is 1. The summed E-state index contributed by atoms with van der Waals surface area (Å²) in [6.45, 7) is 4.85. The van der Waals surface area contributed by atoms with Gasteiger partial charge in [0.25, 0.3) is 5.91 Å². The fourth-order valence-electron chi connectivity index (χ4n) is 3.81. The van der Waals surface area contributed by atoms with Gasteiger partial charge in [-0.15, -0.1) is 0 Å². The number of carbonyl (C=O) groups is 2. The summed E-state index contributed by atoms with van der Waals surface area (Å²) in [5.74, 6) is 0.269. The van der Waals surface area contributed by atoms with Gasteiger partial charge < -0.3 is 15.1 Å². The highest BCUT2D eigenvalue weighted by Crippen LogP contribution is 2.16. The predicted molar refractivity (Wildman–Crippen MR) is 128 cm³/mol. The molecular formula is C25H27ClN4O3. The fraction of sp³-hybridized carbons (Fsp3) is 0.280. The topological polar surface area (TPSA) is 77.8 Å². The van der Waals surface area contributed by atoms with E-state index in [1.807, 2.05) is 24.3 Å². The SMILES string of the molecule is O=C(CN1CCN(Cc2ccc(Cl)cc2)CC1)Nc1ccccc1C(=O)NCc1ccco1. The third kappa shape index (κ3) is 6.68. The van der Waals surface area contributed by atoms with Gasteiger partial charge in [0.15, 0.2) is 0 Å². The second kappa shape index (κ2) is 11.1. The lowest BCUT2D eigenvalue weighted by Crippen LogP contribution is -2.48. The molecule has 1 saturated heterocycles. The van der Waals surface area contributed by atoms with Gasteiger partial charge >= 0.3 is 0 Å². The number of nitrogens with one attached hydrogen (secondary N) is 2. The van der Waals surface area contributed by atoms with E-state index in [0.717, 1.165) is 37.7 Å². The monoisotopic (exact) mass is 466 g/mol. The number of halogens is 1. The van der Waals surface area contributed by atoms with Gasteiger partial charge in [-0.25, -0.2) is 0 Å². The van der Waals surface area contributed by atoms with Gasteiger partial charge in [-0.1, -0.05) is 35.9 Å². The van der Waals surface area contributed by atoms with Crippen LogP contribution in [0.25, 0.3) is 0 Å². The molecule has 1 aromatic heterocycles. The number of nitrogens with zero attached hydrogens (tertiary/aromatic N) is 2. The molecule has 0 spiro atoms. The van der Waals surface area contributed by atoms with Crippen LogP contribution in [0.3, 0.4) is 0 Å². The third-order valence-electron chi connectivity index (χ3n) is 5.60. The molecule has 0 unspecified atom stereocenters. The first-order chi connectivity index (χ1) is 16.1. The molecule has 0 aliphatic carbocycles. The van der Waals surface area contributed by atoms with Gasteiger partial charge in [-0.2, -0.15) is 0 Å². The van der Waals surface area contributed by atoms with E-state index in [-0.39, 0.29) is 24.9 Å². The maximum Gasteiger partial charge on any atom is 0.253 e. The van der Waals surface area contributed by atoms with Crippen LogP contribution in [0.15, 0.2) is 71.3 Å². The normalized spacial score (nSPS) is 14.7. The standard InChI is InChI=1S/C25H27ClN4O3/c26-20-9-7-19(8-10-20)17-29-11-13-30(14-12-29)18-24(31)28-23-6-2-1-5-22(23)25(32)27-16-21-4-3-15-33-21/h1-10,15H,11-14,16-18H2,(H,27,32)(H,28,31). The first-order valence-corrected chi connectivity index (χ1v) is 11.3. The molecule has 3 aromatic rings. The molecule has 172 valence electrons. The van der Waals surface area contributed by atoms with Gasteiger partial charge in [-0.05, 0) is 42.0 Å². The van der Waals surface area contributed by atoms with E-state index in [1.165, 1.54) is 5.56 Å². The van der Waals surface area contributed by atoms with Crippen molar-refractivity contribution >= 4 is 29.1 Å². The summed E-state index contributed by atoms with van der Waals surface area (Å²) < 4.78 is 5.25. The van der Waals surface area contributed by atoms with E-state index in [1.54, 1.807) is 42.7 Å². The van der Waals surface area contributed by atoms with Gasteiger partial charge in [0.2, 0.25) is 5.91 Å². The molecule has 7 nitrogen and oxygen atoms in total. The number of hydrogen-bond acceptors (Lipinski definition) is 5. The smallest absolute Gasteiger partial charge is 0.253 e. The van der Waals surface area contributed by atoms with Gasteiger partial charge in [0.1, 0.15) is 5.76 Å². The fourth-order valence-corrected chi connectivity index (χ4v) is 3.94. The van der Waals surface area contributed by atoms with Crippen LogP contribution in [0.2, 0.25) is 5.02 Å². The molecule has 0 radical (unpaired) electrons. The first kappa shape index (κ1) is 23.0. The van der Waals surface area contributed by atoms with Crippen LogP contribution in [0.5, 0.6) is 0 Å². The summed E-state index contributed by atoms with van der Waals surface area (Å²) in [6.07, 6.45) is 1.56. The molecule has 0 saturated carbocycles. The Morgan fingerprint density at radius 2 is 1.64 bits per heavy atom. The van der Waals surface area contributed by atoms with E-state index in [9.17, 15) is 9.59 Å². The van der Waals surface area contributed by atoms with Crippen molar-refractivity contribution in [3.8, 4) is 0 Å². The summed E-state index contributed by atoms with van der Waals surface area (Å²) in [7, 11) is 0. The van der Waals surface area contributed by atoms with Crippen molar-refractivity contribution in [1.82, 2.24) is 15.1 Å². The van der Waals surface area contributed by atoms with Crippen molar-refractivity contribution in [2.24, 2.45) is 0 Å². The maximum absolute atomic E-state index is 12.7. The number of para-hydroxylation sites is 1. The molecule has 2 N–H and O–H groups in total.